The normalized spacial score (nSPS) is 10.2. The summed E-state index contributed by atoms with van der Waals surface area (Å²) in [6, 6.07) is 6.50. The lowest BCUT2D eigenvalue weighted by atomic mass is 10.2. The lowest BCUT2D eigenvalue weighted by Crippen LogP contribution is -2.16. The molecule has 0 aliphatic carbocycles. The van der Waals surface area contributed by atoms with Gasteiger partial charge in [-0.2, -0.15) is 11.8 Å². The smallest absolute Gasteiger partial charge is 0.338 e. The molecule has 0 unspecified atom stereocenters. The van der Waals surface area contributed by atoms with Crippen molar-refractivity contribution >= 4 is 51.7 Å². The number of hydrogen-bond acceptors (Lipinski definition) is 7. The van der Waals surface area contributed by atoms with Gasteiger partial charge in [-0.1, -0.05) is 0 Å². The van der Waals surface area contributed by atoms with Crippen LogP contribution in [-0.2, 0) is 14.3 Å². The molecule has 2 aromatic rings. The van der Waals surface area contributed by atoms with E-state index in [0.717, 1.165) is 0 Å². The van der Waals surface area contributed by atoms with Gasteiger partial charge < -0.3 is 15.4 Å². The van der Waals surface area contributed by atoms with Crippen LogP contribution in [0.4, 0.5) is 10.8 Å². The molecule has 0 fully saturated rings. The first-order valence-electron chi connectivity index (χ1n) is 7.92. The highest BCUT2D eigenvalue weighted by molar-refractivity contribution is 7.99. The van der Waals surface area contributed by atoms with Crippen molar-refractivity contribution in [3.05, 3.63) is 41.4 Å². The van der Waals surface area contributed by atoms with Gasteiger partial charge in [-0.15, -0.1) is 11.3 Å². The Kier molecular flexibility index (Phi) is 8.10. The molecule has 2 rings (SSSR count). The number of nitrogens with zero attached hydrogens (tertiary/aromatic N) is 1. The van der Waals surface area contributed by atoms with Crippen LogP contribution in [0.3, 0.4) is 0 Å². The quantitative estimate of drug-likeness (QED) is 0.502. The average molecular weight is 393 g/mol. The zero-order valence-corrected chi connectivity index (χ0v) is 15.8. The minimum atomic E-state index is -0.392. The predicted octanol–water partition coefficient (Wildman–Crippen LogP) is 3.02. The van der Waals surface area contributed by atoms with E-state index in [9.17, 15) is 14.4 Å². The van der Waals surface area contributed by atoms with Crippen molar-refractivity contribution in [2.75, 3.05) is 28.7 Å². The molecule has 26 heavy (non-hydrogen) atoms. The first kappa shape index (κ1) is 19.9. The molecule has 0 spiro atoms. The van der Waals surface area contributed by atoms with Crippen molar-refractivity contribution in [1.82, 2.24) is 4.98 Å². The number of esters is 1. The van der Waals surface area contributed by atoms with Crippen LogP contribution in [0.15, 0.2) is 35.8 Å². The van der Waals surface area contributed by atoms with Gasteiger partial charge in [-0.25, -0.2) is 9.78 Å². The molecule has 2 N–H and O–H groups in total. The van der Waals surface area contributed by atoms with Crippen molar-refractivity contribution < 1.29 is 19.1 Å². The summed E-state index contributed by atoms with van der Waals surface area (Å²) in [5.41, 5.74) is 1.04. The summed E-state index contributed by atoms with van der Waals surface area (Å²) < 4.78 is 4.90. The van der Waals surface area contributed by atoms with E-state index in [-0.39, 0.29) is 17.6 Å². The summed E-state index contributed by atoms with van der Waals surface area (Å²) in [6.45, 7) is 2.06. The third-order valence-electron chi connectivity index (χ3n) is 3.07. The van der Waals surface area contributed by atoms with Gasteiger partial charge in [0.2, 0.25) is 11.8 Å². The number of carbonyl (C=O) groups is 3. The number of aromatic nitrogens is 1. The minimum absolute atomic E-state index is 0.123. The van der Waals surface area contributed by atoms with Crippen LogP contribution in [0, 0.1) is 0 Å². The molecule has 0 aliphatic rings. The van der Waals surface area contributed by atoms with E-state index in [1.165, 1.54) is 23.1 Å². The van der Waals surface area contributed by atoms with Crippen LogP contribution in [0.5, 0.6) is 0 Å². The molecular formula is C17H19N3O4S2. The average Bonchev–Trinajstić information content (AvgIpc) is 3.12. The van der Waals surface area contributed by atoms with E-state index >= 15 is 0 Å². The summed E-state index contributed by atoms with van der Waals surface area (Å²) in [5.74, 6) is 0.0925. The Bertz CT molecular complexity index is 733. The molecule has 0 atom stereocenters. The minimum Gasteiger partial charge on any atom is -0.462 e. The lowest BCUT2D eigenvalue weighted by molar-refractivity contribution is -0.116. The second-order valence-corrected chi connectivity index (χ2v) is 7.03. The number of ether oxygens (including phenoxy) is 1. The largest absolute Gasteiger partial charge is 0.462 e. The monoisotopic (exact) mass is 393 g/mol. The molecule has 7 nitrogen and oxygen atoms in total. The fraction of sp³-hybridized carbons (Fsp3) is 0.294. The van der Waals surface area contributed by atoms with Gasteiger partial charge in [0, 0.05) is 29.4 Å². The number of rotatable bonds is 9. The number of benzene rings is 1. The lowest BCUT2D eigenvalue weighted by Gasteiger charge is -2.06. The Morgan fingerprint density at radius 2 is 1.92 bits per heavy atom. The van der Waals surface area contributed by atoms with E-state index in [1.54, 1.807) is 42.8 Å². The van der Waals surface area contributed by atoms with Crippen molar-refractivity contribution in [3.63, 3.8) is 0 Å². The molecule has 2 amide bonds. The Morgan fingerprint density at radius 1 is 1.15 bits per heavy atom. The maximum absolute atomic E-state index is 11.9. The standard InChI is InChI=1S/C17H19N3O4S2/c1-2-24-16(23)12-3-5-13(6-4-12)19-15(22)11-25-9-7-14(21)20-17-18-8-10-26-17/h3-6,8,10H,2,7,9,11H2,1H3,(H,19,22)(H,18,20,21). The number of anilines is 2. The molecule has 0 saturated heterocycles. The molecule has 1 aromatic carbocycles. The highest BCUT2D eigenvalue weighted by Gasteiger charge is 2.08. The first-order valence-corrected chi connectivity index (χ1v) is 9.96. The molecule has 0 aliphatic heterocycles. The molecule has 0 bridgehead atoms. The maximum Gasteiger partial charge on any atom is 0.338 e. The van der Waals surface area contributed by atoms with E-state index in [4.69, 9.17) is 4.74 Å². The SMILES string of the molecule is CCOC(=O)c1ccc(NC(=O)CSCCC(=O)Nc2nccs2)cc1. The molecule has 9 heteroatoms. The number of thiazole rings is 1. The van der Waals surface area contributed by atoms with Crippen LogP contribution < -0.4 is 10.6 Å². The first-order chi connectivity index (χ1) is 12.6. The third kappa shape index (κ3) is 6.85. The summed E-state index contributed by atoms with van der Waals surface area (Å²) in [6.07, 6.45) is 1.93. The van der Waals surface area contributed by atoms with Crippen molar-refractivity contribution in [1.29, 1.82) is 0 Å². The number of nitrogens with one attached hydrogen (secondary N) is 2. The second kappa shape index (κ2) is 10.6. The molecule has 1 heterocycles. The van der Waals surface area contributed by atoms with Crippen molar-refractivity contribution in [3.8, 4) is 0 Å². The molecule has 138 valence electrons. The van der Waals surface area contributed by atoms with E-state index < -0.39 is 5.97 Å². The molecule has 0 saturated carbocycles. The van der Waals surface area contributed by atoms with Gasteiger partial charge in [0.05, 0.1) is 17.9 Å². The van der Waals surface area contributed by atoms with Crippen LogP contribution in [0.1, 0.15) is 23.7 Å². The van der Waals surface area contributed by atoms with Crippen LogP contribution in [-0.4, -0.2) is 40.9 Å². The Hall–Kier alpha value is -2.39. The van der Waals surface area contributed by atoms with Crippen LogP contribution >= 0.6 is 23.1 Å². The number of carbonyl (C=O) groups excluding carboxylic acids is 3. The van der Waals surface area contributed by atoms with Gasteiger partial charge in [0.25, 0.3) is 0 Å². The third-order valence-corrected chi connectivity index (χ3v) is 4.71. The zero-order chi connectivity index (χ0) is 18.8. The van der Waals surface area contributed by atoms with Gasteiger partial charge in [-0.3, -0.25) is 9.59 Å². The van der Waals surface area contributed by atoms with Gasteiger partial charge in [0.1, 0.15) is 0 Å². The number of hydrogen-bond donors (Lipinski definition) is 2. The molecular weight excluding hydrogens is 374 g/mol. The van der Waals surface area contributed by atoms with E-state index in [1.807, 2.05) is 0 Å². The van der Waals surface area contributed by atoms with Crippen LogP contribution in [0.2, 0.25) is 0 Å². The van der Waals surface area contributed by atoms with E-state index in [2.05, 4.69) is 15.6 Å². The highest BCUT2D eigenvalue weighted by Crippen LogP contribution is 2.13. The Labute approximate surface area is 159 Å². The summed E-state index contributed by atoms with van der Waals surface area (Å²) in [5, 5.41) is 7.79. The molecule has 0 radical (unpaired) electrons. The Balaban J connectivity index is 1.65. The highest BCUT2D eigenvalue weighted by atomic mass is 32.2. The summed E-state index contributed by atoms with van der Waals surface area (Å²) in [7, 11) is 0. The predicted molar refractivity (Wildman–Crippen MR) is 104 cm³/mol. The number of thioether (sulfide) groups is 1. The zero-order valence-electron chi connectivity index (χ0n) is 14.2. The van der Waals surface area contributed by atoms with Gasteiger partial charge >= 0.3 is 5.97 Å². The van der Waals surface area contributed by atoms with E-state index in [0.29, 0.717) is 35.2 Å². The second-order valence-electron chi connectivity index (χ2n) is 5.03. The van der Waals surface area contributed by atoms with Crippen molar-refractivity contribution in [2.24, 2.45) is 0 Å². The fourth-order valence-corrected chi connectivity index (χ4v) is 3.17. The van der Waals surface area contributed by atoms with Gasteiger partial charge in [-0.05, 0) is 31.2 Å². The van der Waals surface area contributed by atoms with Crippen molar-refractivity contribution in [2.45, 2.75) is 13.3 Å². The van der Waals surface area contributed by atoms with Gasteiger partial charge in [0.15, 0.2) is 5.13 Å². The Morgan fingerprint density at radius 3 is 2.58 bits per heavy atom. The summed E-state index contributed by atoms with van der Waals surface area (Å²) >= 11 is 2.73. The fourth-order valence-electron chi connectivity index (χ4n) is 1.90. The number of amides is 2. The topological polar surface area (TPSA) is 97.4 Å². The molecule has 1 aromatic heterocycles. The van der Waals surface area contributed by atoms with Crippen LogP contribution in [0.25, 0.3) is 0 Å². The summed E-state index contributed by atoms with van der Waals surface area (Å²) in [4.78, 5) is 39.1. The maximum atomic E-state index is 11.9.